The molecule has 2 nitrogen and oxygen atoms in total. The smallest absolute Gasteiger partial charge is 0.0675 e. The van der Waals surface area contributed by atoms with Gasteiger partial charge in [-0.2, -0.15) is 0 Å². The molecule has 0 bridgehead atoms. The van der Waals surface area contributed by atoms with Crippen LogP contribution in [0.4, 0.5) is 0 Å². The van der Waals surface area contributed by atoms with E-state index in [9.17, 15) is 5.11 Å². The molecule has 3 atom stereocenters. The van der Waals surface area contributed by atoms with Crippen molar-refractivity contribution >= 4 is 0 Å². The molecule has 0 heterocycles. The Kier molecular flexibility index (Phi) is 6.50. The molecule has 1 aliphatic rings. The lowest BCUT2D eigenvalue weighted by Gasteiger charge is -2.38. The van der Waals surface area contributed by atoms with Crippen LogP contribution in [0.3, 0.4) is 0 Å². The summed E-state index contributed by atoms with van der Waals surface area (Å²) < 4.78 is 5.42. The summed E-state index contributed by atoms with van der Waals surface area (Å²) in [7, 11) is 1.77. The van der Waals surface area contributed by atoms with E-state index in [2.05, 4.69) is 13.8 Å². The molecular weight excluding hydrogens is 212 g/mol. The van der Waals surface area contributed by atoms with Gasteiger partial charge in [0.1, 0.15) is 0 Å². The van der Waals surface area contributed by atoms with Crippen molar-refractivity contribution in [2.75, 3.05) is 7.11 Å². The third-order valence-electron chi connectivity index (χ3n) is 4.32. The first kappa shape index (κ1) is 15.0. The minimum Gasteiger partial charge on any atom is -0.390 e. The molecule has 1 N–H and O–H groups in total. The van der Waals surface area contributed by atoms with E-state index >= 15 is 0 Å². The van der Waals surface area contributed by atoms with E-state index in [4.69, 9.17) is 4.74 Å². The Hall–Kier alpha value is -0.0800. The molecule has 0 aromatic heterocycles. The molecule has 3 unspecified atom stereocenters. The van der Waals surface area contributed by atoms with Crippen molar-refractivity contribution in [3.05, 3.63) is 0 Å². The Labute approximate surface area is 107 Å². The number of unbranched alkanes of at least 4 members (excludes halogenated alkanes) is 1. The van der Waals surface area contributed by atoms with Gasteiger partial charge in [-0.3, -0.25) is 0 Å². The summed E-state index contributed by atoms with van der Waals surface area (Å²) >= 11 is 0. The number of ether oxygens (including phenoxy) is 1. The lowest BCUT2D eigenvalue weighted by atomic mass is 9.76. The van der Waals surface area contributed by atoms with Gasteiger partial charge >= 0.3 is 0 Å². The fourth-order valence-electron chi connectivity index (χ4n) is 3.15. The van der Waals surface area contributed by atoms with Crippen LogP contribution in [0.25, 0.3) is 0 Å². The van der Waals surface area contributed by atoms with Crippen molar-refractivity contribution in [1.82, 2.24) is 0 Å². The van der Waals surface area contributed by atoms with Crippen LogP contribution in [0.1, 0.15) is 71.6 Å². The Bertz CT molecular complexity index is 205. The topological polar surface area (TPSA) is 29.5 Å². The molecule has 1 fully saturated rings. The second-order valence-electron chi connectivity index (χ2n) is 5.80. The molecule has 102 valence electrons. The number of hydrogen-bond donors (Lipinski definition) is 1. The van der Waals surface area contributed by atoms with Gasteiger partial charge < -0.3 is 9.84 Å². The summed E-state index contributed by atoms with van der Waals surface area (Å²) in [5.41, 5.74) is -0.451. The summed E-state index contributed by atoms with van der Waals surface area (Å²) in [6.07, 6.45) is 10.3. The van der Waals surface area contributed by atoms with Crippen LogP contribution < -0.4 is 0 Å². The largest absolute Gasteiger partial charge is 0.390 e. The van der Waals surface area contributed by atoms with Crippen LogP contribution in [0.2, 0.25) is 0 Å². The van der Waals surface area contributed by atoms with E-state index < -0.39 is 5.60 Å². The van der Waals surface area contributed by atoms with Gasteiger partial charge in [0.05, 0.1) is 11.7 Å². The number of hydrogen-bond acceptors (Lipinski definition) is 2. The average molecular weight is 242 g/mol. The predicted octanol–water partition coefficient (Wildman–Crippen LogP) is 3.91. The summed E-state index contributed by atoms with van der Waals surface area (Å²) in [6.45, 7) is 4.49. The van der Waals surface area contributed by atoms with Crippen LogP contribution in [0, 0.1) is 5.92 Å². The van der Waals surface area contributed by atoms with E-state index in [1.54, 1.807) is 7.11 Å². The van der Waals surface area contributed by atoms with E-state index in [1.165, 1.54) is 25.7 Å². The van der Waals surface area contributed by atoms with Gasteiger partial charge in [0.25, 0.3) is 0 Å². The second-order valence-corrected chi connectivity index (χ2v) is 5.80. The normalized spacial score (nSPS) is 31.4. The zero-order valence-corrected chi connectivity index (χ0v) is 11.9. The minimum absolute atomic E-state index is 0.275. The van der Waals surface area contributed by atoms with Gasteiger partial charge in [0.2, 0.25) is 0 Å². The summed E-state index contributed by atoms with van der Waals surface area (Å²) in [4.78, 5) is 0. The SMILES string of the molecule is CCCCC(CC)CC1(O)CCCC(OC)C1. The molecule has 17 heavy (non-hydrogen) atoms. The molecule has 2 heteroatoms. The summed E-state index contributed by atoms with van der Waals surface area (Å²) in [5.74, 6) is 0.690. The minimum atomic E-state index is -0.451. The van der Waals surface area contributed by atoms with Crippen LogP contribution in [0.15, 0.2) is 0 Å². The number of methoxy groups -OCH3 is 1. The predicted molar refractivity (Wildman–Crippen MR) is 72.1 cm³/mol. The Morgan fingerprint density at radius 3 is 2.76 bits per heavy atom. The van der Waals surface area contributed by atoms with Gasteiger partial charge in [-0.15, -0.1) is 0 Å². The number of rotatable bonds is 7. The Morgan fingerprint density at radius 1 is 1.41 bits per heavy atom. The van der Waals surface area contributed by atoms with Crippen molar-refractivity contribution in [1.29, 1.82) is 0 Å². The molecule has 0 saturated heterocycles. The van der Waals surface area contributed by atoms with Crippen molar-refractivity contribution in [2.24, 2.45) is 5.92 Å². The van der Waals surface area contributed by atoms with Crippen LogP contribution in [-0.4, -0.2) is 23.9 Å². The summed E-state index contributed by atoms with van der Waals surface area (Å²) in [5, 5.41) is 10.7. The van der Waals surface area contributed by atoms with Gasteiger partial charge in [-0.05, 0) is 31.6 Å². The van der Waals surface area contributed by atoms with Crippen molar-refractivity contribution in [3.63, 3.8) is 0 Å². The maximum atomic E-state index is 10.7. The Balaban J connectivity index is 2.45. The lowest BCUT2D eigenvalue weighted by Crippen LogP contribution is -2.39. The molecule has 0 amide bonds. The molecule has 1 saturated carbocycles. The fraction of sp³-hybridized carbons (Fsp3) is 1.00. The molecular formula is C15H30O2. The van der Waals surface area contributed by atoms with E-state index in [0.717, 1.165) is 32.1 Å². The maximum Gasteiger partial charge on any atom is 0.0675 e. The van der Waals surface area contributed by atoms with Crippen molar-refractivity contribution in [3.8, 4) is 0 Å². The highest BCUT2D eigenvalue weighted by Gasteiger charge is 2.35. The zero-order valence-electron chi connectivity index (χ0n) is 11.9. The fourth-order valence-corrected chi connectivity index (χ4v) is 3.15. The highest BCUT2D eigenvalue weighted by molar-refractivity contribution is 4.88. The zero-order chi connectivity index (χ0) is 12.7. The standard InChI is InChI=1S/C15H30O2/c1-4-6-8-13(5-2)11-15(16)10-7-9-14(12-15)17-3/h13-14,16H,4-12H2,1-3H3. The molecule has 1 aliphatic carbocycles. The summed E-state index contributed by atoms with van der Waals surface area (Å²) in [6, 6.07) is 0. The van der Waals surface area contributed by atoms with Gasteiger partial charge in [-0.25, -0.2) is 0 Å². The molecule has 0 radical (unpaired) electrons. The van der Waals surface area contributed by atoms with Crippen LogP contribution in [0.5, 0.6) is 0 Å². The van der Waals surface area contributed by atoms with Gasteiger partial charge in [-0.1, -0.05) is 39.5 Å². The maximum absolute atomic E-state index is 10.7. The van der Waals surface area contributed by atoms with E-state index in [1.807, 2.05) is 0 Å². The monoisotopic (exact) mass is 242 g/mol. The van der Waals surface area contributed by atoms with Crippen LogP contribution >= 0.6 is 0 Å². The molecule has 0 aromatic rings. The highest BCUT2D eigenvalue weighted by atomic mass is 16.5. The molecule has 0 aromatic carbocycles. The van der Waals surface area contributed by atoms with Gasteiger partial charge in [0.15, 0.2) is 0 Å². The third-order valence-corrected chi connectivity index (χ3v) is 4.32. The lowest BCUT2D eigenvalue weighted by molar-refractivity contribution is -0.0724. The first-order chi connectivity index (χ1) is 8.13. The molecule has 0 spiro atoms. The highest BCUT2D eigenvalue weighted by Crippen LogP contribution is 2.36. The third kappa shape index (κ3) is 4.97. The van der Waals surface area contributed by atoms with E-state index in [0.29, 0.717) is 5.92 Å². The van der Waals surface area contributed by atoms with Crippen molar-refractivity contribution < 1.29 is 9.84 Å². The number of aliphatic hydroxyl groups is 1. The van der Waals surface area contributed by atoms with Crippen molar-refractivity contribution in [2.45, 2.75) is 83.3 Å². The Morgan fingerprint density at radius 2 is 2.18 bits per heavy atom. The van der Waals surface area contributed by atoms with Crippen LogP contribution in [-0.2, 0) is 4.74 Å². The first-order valence-corrected chi connectivity index (χ1v) is 7.38. The molecule has 1 rings (SSSR count). The average Bonchev–Trinajstić information content (AvgIpc) is 2.34. The quantitative estimate of drug-likeness (QED) is 0.733. The second kappa shape index (κ2) is 7.38. The van der Waals surface area contributed by atoms with Gasteiger partial charge in [0, 0.05) is 13.5 Å². The first-order valence-electron chi connectivity index (χ1n) is 7.38. The van der Waals surface area contributed by atoms with E-state index in [-0.39, 0.29) is 6.10 Å². The molecule has 0 aliphatic heterocycles.